The lowest BCUT2D eigenvalue weighted by Crippen LogP contribution is -2.03. The smallest absolute Gasteiger partial charge is 0.230 e. The van der Waals surface area contributed by atoms with Crippen LogP contribution in [0.1, 0.15) is 43.4 Å². The summed E-state index contributed by atoms with van der Waals surface area (Å²) in [5.74, 6) is 0.264. The van der Waals surface area contributed by atoms with E-state index in [0.717, 1.165) is 28.9 Å². The van der Waals surface area contributed by atoms with Crippen molar-refractivity contribution < 1.29 is 4.79 Å². The van der Waals surface area contributed by atoms with Gasteiger partial charge in [-0.3, -0.25) is 4.79 Å². The van der Waals surface area contributed by atoms with Crippen LogP contribution in [0.15, 0.2) is 66.1 Å². The van der Waals surface area contributed by atoms with Gasteiger partial charge in [-0.2, -0.15) is 0 Å². The zero-order valence-corrected chi connectivity index (χ0v) is 16.1. The van der Waals surface area contributed by atoms with Gasteiger partial charge >= 0.3 is 0 Å². The monoisotopic (exact) mass is 369 g/mol. The van der Waals surface area contributed by atoms with Crippen LogP contribution in [0.4, 0.5) is 0 Å². The molecule has 0 aliphatic carbocycles. The number of carbonyl (C=O) groups is 1. The number of H-pyrrole nitrogens is 1. The van der Waals surface area contributed by atoms with Gasteiger partial charge in [0.15, 0.2) is 5.82 Å². The Morgan fingerprint density at radius 3 is 2.77 bits per heavy atom. The molecular formula is C21H24ClN3O. The van der Waals surface area contributed by atoms with Crippen LogP contribution in [-0.2, 0) is 6.54 Å². The van der Waals surface area contributed by atoms with E-state index in [2.05, 4.69) is 14.5 Å². The fourth-order valence-electron chi connectivity index (χ4n) is 2.64. The van der Waals surface area contributed by atoms with Crippen molar-refractivity contribution in [3.63, 3.8) is 0 Å². The number of ketones is 1. The Labute approximate surface area is 159 Å². The number of fused-ring (bicyclic) bond motifs is 1. The molecule has 136 valence electrons. The molecule has 0 bridgehead atoms. The number of aryl methyl sites for hydroxylation is 1. The Kier molecular flexibility index (Phi) is 7.42. The molecule has 0 fully saturated rings. The topological polar surface area (TPSA) is 50.7 Å². The van der Waals surface area contributed by atoms with Crippen molar-refractivity contribution in [1.82, 2.24) is 14.5 Å². The molecule has 2 heterocycles. The van der Waals surface area contributed by atoms with Crippen LogP contribution in [0.25, 0.3) is 10.9 Å². The van der Waals surface area contributed by atoms with Crippen molar-refractivity contribution in [2.75, 3.05) is 0 Å². The minimum atomic E-state index is -0.0950. The standard InChI is InChI=1S/C19H18ClN3O.C2H6/c1-2-14(20)7-5-6-12-23-13-16(15-8-3-4-9-17(15)23)18(24)19-21-10-11-22-19;1-2/h2-5,7-11,13H,6,12H2,1H3,(H,21,22);1-2H3/b7-5-,14-2+;. The predicted octanol–water partition coefficient (Wildman–Crippen LogP) is 5.71. The van der Waals surface area contributed by atoms with Crippen molar-refractivity contribution in [3.8, 4) is 0 Å². The number of hydrogen-bond acceptors (Lipinski definition) is 2. The summed E-state index contributed by atoms with van der Waals surface area (Å²) in [6.45, 7) is 6.68. The average Bonchev–Trinajstić information content (AvgIpc) is 3.35. The lowest BCUT2D eigenvalue weighted by atomic mass is 10.1. The van der Waals surface area contributed by atoms with Crippen LogP contribution in [0, 0.1) is 0 Å². The third kappa shape index (κ3) is 4.52. The molecule has 0 unspecified atom stereocenters. The van der Waals surface area contributed by atoms with E-state index in [1.54, 1.807) is 12.4 Å². The van der Waals surface area contributed by atoms with Crippen LogP contribution < -0.4 is 0 Å². The second kappa shape index (κ2) is 9.78. The van der Waals surface area contributed by atoms with Gasteiger partial charge in [-0.1, -0.05) is 55.8 Å². The lowest BCUT2D eigenvalue weighted by molar-refractivity contribution is 0.103. The van der Waals surface area contributed by atoms with Gasteiger partial charge in [-0.25, -0.2) is 4.98 Å². The molecule has 3 aromatic rings. The summed E-state index contributed by atoms with van der Waals surface area (Å²) in [4.78, 5) is 19.6. The first-order valence-corrected chi connectivity index (χ1v) is 9.19. The number of aromatic amines is 1. The number of nitrogens with one attached hydrogen (secondary N) is 1. The minimum Gasteiger partial charge on any atom is -0.346 e. The summed E-state index contributed by atoms with van der Waals surface area (Å²) in [5.41, 5.74) is 1.70. The highest BCUT2D eigenvalue weighted by atomic mass is 35.5. The second-order valence-corrected chi connectivity index (χ2v) is 5.82. The molecule has 1 aromatic carbocycles. The summed E-state index contributed by atoms with van der Waals surface area (Å²) in [7, 11) is 0. The number of para-hydroxylation sites is 1. The van der Waals surface area contributed by atoms with E-state index in [4.69, 9.17) is 11.6 Å². The number of carbonyl (C=O) groups excluding carboxylic acids is 1. The van der Waals surface area contributed by atoms with E-state index >= 15 is 0 Å². The van der Waals surface area contributed by atoms with Gasteiger partial charge in [0.1, 0.15) is 0 Å². The highest BCUT2D eigenvalue weighted by molar-refractivity contribution is 6.31. The molecule has 26 heavy (non-hydrogen) atoms. The summed E-state index contributed by atoms with van der Waals surface area (Å²) in [5, 5.41) is 1.66. The Balaban J connectivity index is 0.00000117. The zero-order valence-electron chi connectivity index (χ0n) is 15.4. The minimum absolute atomic E-state index is 0.0950. The summed E-state index contributed by atoms with van der Waals surface area (Å²) >= 11 is 5.96. The number of halogens is 1. The molecule has 1 N–H and O–H groups in total. The van der Waals surface area contributed by atoms with Gasteiger partial charge in [0.05, 0.1) is 5.56 Å². The first-order valence-electron chi connectivity index (χ1n) is 8.81. The second-order valence-electron chi connectivity index (χ2n) is 5.38. The van der Waals surface area contributed by atoms with Gasteiger partial charge in [0.2, 0.25) is 5.78 Å². The van der Waals surface area contributed by atoms with Crippen LogP contribution >= 0.6 is 11.6 Å². The number of aromatic nitrogens is 3. The van der Waals surface area contributed by atoms with Crippen LogP contribution in [0.3, 0.4) is 0 Å². The van der Waals surface area contributed by atoms with Gasteiger partial charge < -0.3 is 9.55 Å². The number of nitrogens with zero attached hydrogens (tertiary/aromatic N) is 2. The Bertz CT molecular complexity index is 905. The molecule has 0 amide bonds. The van der Waals surface area contributed by atoms with E-state index < -0.39 is 0 Å². The fourth-order valence-corrected chi connectivity index (χ4v) is 2.72. The van der Waals surface area contributed by atoms with Crippen molar-refractivity contribution in [3.05, 3.63) is 77.5 Å². The van der Waals surface area contributed by atoms with E-state index in [1.807, 2.05) is 69.5 Å². The first-order chi connectivity index (χ1) is 12.7. The number of imidazole rings is 1. The number of benzene rings is 1. The Hall–Kier alpha value is -2.59. The summed E-state index contributed by atoms with van der Waals surface area (Å²) in [6.07, 6.45) is 11.7. The maximum Gasteiger partial charge on any atom is 0.230 e. The van der Waals surface area contributed by atoms with E-state index in [9.17, 15) is 4.79 Å². The predicted molar refractivity (Wildman–Crippen MR) is 109 cm³/mol. The van der Waals surface area contributed by atoms with Crippen molar-refractivity contribution in [2.45, 2.75) is 33.7 Å². The quantitative estimate of drug-likeness (QED) is 0.447. The molecule has 5 heteroatoms. The number of allylic oxidation sites excluding steroid dienone is 4. The van der Waals surface area contributed by atoms with Gasteiger partial charge in [0, 0.05) is 41.1 Å². The SMILES string of the molecule is C/C=C(Cl)\C=C/CCn1cc(C(=O)c2ncc[nH]2)c2ccccc21.CC. The molecule has 0 radical (unpaired) electrons. The van der Waals surface area contributed by atoms with Crippen LogP contribution in [-0.4, -0.2) is 20.3 Å². The van der Waals surface area contributed by atoms with Crippen molar-refractivity contribution >= 4 is 28.3 Å². The molecule has 2 aromatic heterocycles. The molecule has 0 saturated carbocycles. The van der Waals surface area contributed by atoms with Gasteiger partial charge in [-0.05, 0) is 25.5 Å². The highest BCUT2D eigenvalue weighted by Crippen LogP contribution is 2.23. The largest absolute Gasteiger partial charge is 0.346 e. The molecule has 0 aliphatic rings. The Morgan fingerprint density at radius 2 is 2.08 bits per heavy atom. The van der Waals surface area contributed by atoms with Crippen molar-refractivity contribution in [1.29, 1.82) is 0 Å². The molecule has 0 aliphatic heterocycles. The van der Waals surface area contributed by atoms with Gasteiger partial charge in [0.25, 0.3) is 0 Å². The normalized spacial score (nSPS) is 11.6. The first kappa shape index (κ1) is 19.7. The highest BCUT2D eigenvalue weighted by Gasteiger charge is 2.17. The average molecular weight is 370 g/mol. The number of hydrogen-bond donors (Lipinski definition) is 1. The zero-order chi connectivity index (χ0) is 18.9. The molecular weight excluding hydrogens is 346 g/mol. The molecule has 0 atom stereocenters. The molecule has 0 saturated heterocycles. The van der Waals surface area contributed by atoms with E-state index in [0.29, 0.717) is 11.4 Å². The third-order valence-electron chi connectivity index (χ3n) is 3.84. The maximum absolute atomic E-state index is 12.6. The Morgan fingerprint density at radius 1 is 1.31 bits per heavy atom. The third-order valence-corrected chi connectivity index (χ3v) is 4.18. The van der Waals surface area contributed by atoms with Crippen LogP contribution in [0.5, 0.6) is 0 Å². The molecule has 4 nitrogen and oxygen atoms in total. The number of rotatable bonds is 6. The summed E-state index contributed by atoms with van der Waals surface area (Å²) in [6, 6.07) is 7.91. The summed E-state index contributed by atoms with van der Waals surface area (Å²) < 4.78 is 2.10. The molecule has 0 spiro atoms. The lowest BCUT2D eigenvalue weighted by Gasteiger charge is -2.02. The van der Waals surface area contributed by atoms with E-state index in [1.165, 1.54) is 0 Å². The van der Waals surface area contributed by atoms with E-state index in [-0.39, 0.29) is 5.78 Å². The van der Waals surface area contributed by atoms with Crippen LogP contribution in [0.2, 0.25) is 0 Å². The van der Waals surface area contributed by atoms with Gasteiger partial charge in [-0.15, -0.1) is 0 Å². The maximum atomic E-state index is 12.6. The molecule has 3 rings (SSSR count). The van der Waals surface area contributed by atoms with Crippen molar-refractivity contribution in [2.24, 2.45) is 0 Å². The fraction of sp³-hybridized carbons (Fsp3) is 0.238.